The fourth-order valence-electron chi connectivity index (χ4n) is 3.80. The number of amides is 1. The zero-order chi connectivity index (χ0) is 27.0. The van der Waals surface area contributed by atoms with Crippen molar-refractivity contribution < 1.29 is 28.6 Å². The Kier molecular flexibility index (Phi) is 10.8. The van der Waals surface area contributed by atoms with Crippen molar-refractivity contribution in [2.45, 2.75) is 118 Å². The standard InChI is InChI=1S/C28H45NO6/c1-11-27(7,8)34-21-14-12-20(13-15-21)24(31)29-22(16-17-23(30)33-19(2)3)25(32)35-28(9,10)18-26(4,5)6/h12-15,19,22H,11,16-18H2,1-10H3,(H,29,31). The van der Waals surface area contributed by atoms with Gasteiger partial charge in [-0.1, -0.05) is 27.7 Å². The average Bonchev–Trinajstić information content (AvgIpc) is 2.68. The van der Waals surface area contributed by atoms with Gasteiger partial charge in [-0.25, -0.2) is 4.79 Å². The maximum atomic E-state index is 13.1. The second-order valence-corrected chi connectivity index (χ2v) is 11.8. The molecule has 1 aromatic rings. The molecule has 0 aromatic heterocycles. The van der Waals surface area contributed by atoms with Gasteiger partial charge in [0.05, 0.1) is 6.10 Å². The molecule has 0 saturated heterocycles. The second kappa shape index (κ2) is 12.4. The van der Waals surface area contributed by atoms with Crippen LogP contribution >= 0.6 is 0 Å². The van der Waals surface area contributed by atoms with Crippen molar-refractivity contribution >= 4 is 17.8 Å². The Balaban J connectivity index is 2.98. The molecule has 7 nitrogen and oxygen atoms in total. The summed E-state index contributed by atoms with van der Waals surface area (Å²) in [6.45, 7) is 19.4. The summed E-state index contributed by atoms with van der Waals surface area (Å²) in [6, 6.07) is 5.76. The van der Waals surface area contributed by atoms with Crippen LogP contribution in [0.3, 0.4) is 0 Å². The maximum Gasteiger partial charge on any atom is 0.329 e. The van der Waals surface area contributed by atoms with E-state index >= 15 is 0 Å². The van der Waals surface area contributed by atoms with Crippen LogP contribution in [0.5, 0.6) is 5.75 Å². The molecule has 0 aliphatic carbocycles. The van der Waals surface area contributed by atoms with E-state index in [1.165, 1.54) is 0 Å². The van der Waals surface area contributed by atoms with Crippen molar-refractivity contribution in [3.63, 3.8) is 0 Å². The van der Waals surface area contributed by atoms with Crippen LogP contribution in [-0.4, -0.2) is 41.2 Å². The molecule has 0 aliphatic heterocycles. The molecule has 0 radical (unpaired) electrons. The fraction of sp³-hybridized carbons (Fsp3) is 0.679. The van der Waals surface area contributed by atoms with Gasteiger partial charge >= 0.3 is 11.9 Å². The van der Waals surface area contributed by atoms with Crippen molar-refractivity contribution in [3.8, 4) is 5.75 Å². The highest BCUT2D eigenvalue weighted by Crippen LogP contribution is 2.30. The van der Waals surface area contributed by atoms with E-state index in [0.29, 0.717) is 17.7 Å². The highest BCUT2D eigenvalue weighted by molar-refractivity contribution is 5.97. The first-order chi connectivity index (χ1) is 15.9. The Labute approximate surface area is 211 Å². The third kappa shape index (κ3) is 12.1. The summed E-state index contributed by atoms with van der Waals surface area (Å²) in [5.41, 5.74) is -0.729. The van der Waals surface area contributed by atoms with E-state index < -0.39 is 29.5 Å². The number of benzene rings is 1. The molecule has 1 N–H and O–H groups in total. The minimum Gasteiger partial charge on any atom is -0.488 e. The second-order valence-electron chi connectivity index (χ2n) is 11.8. The Morgan fingerprint density at radius 1 is 0.914 bits per heavy atom. The van der Waals surface area contributed by atoms with Crippen molar-refractivity contribution in [2.24, 2.45) is 5.41 Å². The Hall–Kier alpha value is -2.57. The van der Waals surface area contributed by atoms with Crippen LogP contribution in [0, 0.1) is 5.41 Å². The molecule has 1 aromatic carbocycles. The molecular weight excluding hydrogens is 446 g/mol. The lowest BCUT2D eigenvalue weighted by Crippen LogP contribution is -2.45. The number of hydrogen-bond donors (Lipinski definition) is 1. The normalized spacial score (nSPS) is 13.2. The zero-order valence-corrected chi connectivity index (χ0v) is 23.2. The van der Waals surface area contributed by atoms with Gasteiger partial charge in [-0.3, -0.25) is 9.59 Å². The summed E-state index contributed by atoms with van der Waals surface area (Å²) in [5, 5.41) is 2.74. The summed E-state index contributed by atoms with van der Waals surface area (Å²) < 4.78 is 16.9. The number of rotatable bonds is 12. The molecule has 0 spiro atoms. The summed E-state index contributed by atoms with van der Waals surface area (Å²) in [4.78, 5) is 38.1. The van der Waals surface area contributed by atoms with Crippen LogP contribution in [-0.2, 0) is 19.1 Å². The topological polar surface area (TPSA) is 90.9 Å². The van der Waals surface area contributed by atoms with E-state index in [4.69, 9.17) is 14.2 Å². The van der Waals surface area contributed by atoms with E-state index in [-0.39, 0.29) is 30.0 Å². The summed E-state index contributed by atoms with van der Waals surface area (Å²) in [5.74, 6) is -0.778. The lowest BCUT2D eigenvalue weighted by Gasteiger charge is -2.33. The van der Waals surface area contributed by atoms with E-state index in [0.717, 1.165) is 6.42 Å². The largest absolute Gasteiger partial charge is 0.488 e. The molecule has 1 unspecified atom stereocenters. The first-order valence-electron chi connectivity index (χ1n) is 12.5. The first-order valence-corrected chi connectivity index (χ1v) is 12.5. The summed E-state index contributed by atoms with van der Waals surface area (Å²) in [7, 11) is 0. The molecule has 7 heteroatoms. The van der Waals surface area contributed by atoms with Crippen LogP contribution < -0.4 is 10.1 Å². The molecule has 35 heavy (non-hydrogen) atoms. The summed E-state index contributed by atoms with van der Waals surface area (Å²) in [6.07, 6.45) is 1.28. The molecule has 198 valence electrons. The SMILES string of the molecule is CCC(C)(C)Oc1ccc(C(=O)NC(CCC(=O)OC(C)C)C(=O)OC(C)(C)CC(C)(C)C)cc1. The van der Waals surface area contributed by atoms with Gasteiger partial charge in [-0.05, 0) is 90.5 Å². The van der Waals surface area contributed by atoms with Crippen molar-refractivity contribution in [1.82, 2.24) is 5.32 Å². The lowest BCUT2D eigenvalue weighted by atomic mass is 9.83. The van der Waals surface area contributed by atoms with Crippen LogP contribution in [0.4, 0.5) is 0 Å². The number of hydrogen-bond acceptors (Lipinski definition) is 6. The highest BCUT2D eigenvalue weighted by atomic mass is 16.6. The Bertz CT molecular complexity index is 849. The first kappa shape index (κ1) is 30.5. The number of carbonyl (C=O) groups is 3. The predicted octanol–water partition coefficient (Wildman–Crippen LogP) is 5.84. The Morgan fingerprint density at radius 3 is 1.97 bits per heavy atom. The maximum absolute atomic E-state index is 13.1. The minimum atomic E-state index is -0.989. The van der Waals surface area contributed by atoms with Gasteiger partial charge < -0.3 is 19.5 Å². The number of nitrogens with one attached hydrogen (secondary N) is 1. The molecule has 1 amide bonds. The number of ether oxygens (including phenoxy) is 3. The predicted molar refractivity (Wildman–Crippen MR) is 137 cm³/mol. The molecule has 0 heterocycles. The number of carbonyl (C=O) groups excluding carboxylic acids is 3. The summed E-state index contributed by atoms with van der Waals surface area (Å²) >= 11 is 0. The van der Waals surface area contributed by atoms with Crippen molar-refractivity contribution in [3.05, 3.63) is 29.8 Å². The van der Waals surface area contributed by atoms with Gasteiger partial charge in [0.15, 0.2) is 0 Å². The van der Waals surface area contributed by atoms with Gasteiger partial charge in [0.2, 0.25) is 0 Å². The molecule has 0 fully saturated rings. The van der Waals surface area contributed by atoms with Gasteiger partial charge in [-0.15, -0.1) is 0 Å². The van der Waals surface area contributed by atoms with E-state index in [1.807, 2.05) is 34.6 Å². The molecular formula is C28H45NO6. The van der Waals surface area contributed by atoms with Crippen LogP contribution in [0.15, 0.2) is 24.3 Å². The number of esters is 2. The molecule has 0 bridgehead atoms. The molecule has 1 rings (SSSR count). The smallest absolute Gasteiger partial charge is 0.329 e. The van der Waals surface area contributed by atoms with Gasteiger partial charge in [-0.2, -0.15) is 0 Å². The molecule has 0 aliphatic rings. The van der Waals surface area contributed by atoms with E-state index in [9.17, 15) is 14.4 Å². The minimum absolute atomic E-state index is 0.0171. The lowest BCUT2D eigenvalue weighted by molar-refractivity contribution is -0.161. The zero-order valence-electron chi connectivity index (χ0n) is 23.2. The third-order valence-electron chi connectivity index (χ3n) is 5.29. The van der Waals surface area contributed by atoms with Crippen LogP contribution in [0.2, 0.25) is 0 Å². The van der Waals surface area contributed by atoms with E-state index in [1.54, 1.807) is 38.1 Å². The third-order valence-corrected chi connectivity index (χ3v) is 5.29. The molecule has 0 saturated carbocycles. The quantitative estimate of drug-likeness (QED) is 0.369. The van der Waals surface area contributed by atoms with Crippen LogP contribution in [0.25, 0.3) is 0 Å². The Morgan fingerprint density at radius 2 is 1.49 bits per heavy atom. The fourth-order valence-corrected chi connectivity index (χ4v) is 3.80. The highest BCUT2D eigenvalue weighted by Gasteiger charge is 2.33. The van der Waals surface area contributed by atoms with Crippen LogP contribution in [0.1, 0.15) is 105 Å². The van der Waals surface area contributed by atoms with E-state index in [2.05, 4.69) is 26.1 Å². The molecule has 1 atom stereocenters. The van der Waals surface area contributed by atoms with Crippen molar-refractivity contribution in [2.75, 3.05) is 0 Å². The van der Waals surface area contributed by atoms with Gasteiger partial charge in [0.1, 0.15) is 23.0 Å². The van der Waals surface area contributed by atoms with Gasteiger partial charge in [0.25, 0.3) is 5.91 Å². The van der Waals surface area contributed by atoms with Gasteiger partial charge in [0, 0.05) is 12.0 Å². The van der Waals surface area contributed by atoms with Crippen molar-refractivity contribution in [1.29, 1.82) is 0 Å². The monoisotopic (exact) mass is 491 g/mol. The average molecular weight is 492 g/mol.